The Hall–Kier alpha value is 0.620. The Morgan fingerprint density at radius 3 is 2.19 bits per heavy atom. The molecule has 16 heavy (non-hydrogen) atoms. The quantitative estimate of drug-likeness (QED) is 0.537. The summed E-state index contributed by atoms with van der Waals surface area (Å²) in [7, 11) is 0. The van der Waals surface area contributed by atoms with Gasteiger partial charge < -0.3 is 5.09 Å². The second-order valence-corrected chi connectivity index (χ2v) is 9.22. The maximum absolute atomic E-state index is 11.7. The van der Waals surface area contributed by atoms with Crippen LogP contribution in [0.2, 0.25) is 0 Å². The van der Waals surface area contributed by atoms with Crippen molar-refractivity contribution in [3.05, 3.63) is 0 Å². The zero-order valence-corrected chi connectivity index (χ0v) is 12.8. The summed E-state index contributed by atoms with van der Waals surface area (Å²) >= 11 is 16.6. The van der Waals surface area contributed by atoms with E-state index >= 15 is 0 Å². The van der Waals surface area contributed by atoms with E-state index in [2.05, 4.69) is 5.09 Å². The van der Waals surface area contributed by atoms with Gasteiger partial charge in [0.1, 0.15) is 0 Å². The van der Waals surface area contributed by atoms with E-state index in [-0.39, 0.29) is 5.92 Å². The van der Waals surface area contributed by atoms with Gasteiger partial charge in [-0.05, 0) is 30.1 Å². The summed E-state index contributed by atoms with van der Waals surface area (Å²) in [5, 5.41) is 2.28. The highest BCUT2D eigenvalue weighted by atomic mass is 35.5. The second kappa shape index (κ2) is 5.98. The zero-order chi connectivity index (χ0) is 13.1. The molecule has 4 nitrogen and oxygen atoms in total. The van der Waals surface area contributed by atoms with Crippen molar-refractivity contribution in [2.45, 2.75) is 31.5 Å². The van der Waals surface area contributed by atoms with Crippen LogP contribution in [0.4, 0.5) is 0 Å². The van der Waals surface area contributed by atoms with Gasteiger partial charge in [0.15, 0.2) is 10.8 Å². The molecule has 0 saturated carbocycles. The molecule has 1 amide bonds. The summed E-state index contributed by atoms with van der Waals surface area (Å²) in [6, 6.07) is 0. The normalized spacial score (nSPS) is 15.0. The van der Waals surface area contributed by atoms with E-state index in [1.807, 2.05) is 20.8 Å². The minimum atomic E-state index is -2.82. The molecule has 0 rings (SSSR count). The molecule has 0 aliphatic rings. The number of amides is 1. The minimum Gasteiger partial charge on any atom is -0.303 e. The number of nitrogens with two attached hydrogens (primary N) is 2. The van der Waals surface area contributed by atoms with E-state index < -0.39 is 16.7 Å². The van der Waals surface area contributed by atoms with Crippen molar-refractivity contribution in [1.82, 2.24) is 5.09 Å². The maximum atomic E-state index is 11.7. The lowest BCUT2D eigenvalue weighted by Gasteiger charge is -2.26. The molecule has 0 radical (unpaired) electrons. The topological polar surface area (TPSA) is 81.1 Å². The molecule has 0 aromatic carbocycles. The third kappa shape index (κ3) is 6.38. The molecule has 0 aliphatic carbocycles. The van der Waals surface area contributed by atoms with E-state index in [1.54, 1.807) is 0 Å². The van der Waals surface area contributed by atoms with Gasteiger partial charge in [-0.25, -0.2) is 0 Å². The Morgan fingerprint density at radius 1 is 1.44 bits per heavy atom. The Kier molecular flexibility index (Phi) is 6.22. The lowest BCUT2D eigenvalue weighted by molar-refractivity contribution is -0.120. The fraction of sp³-hybridized carbons (Fsp3) is 0.875. The van der Waals surface area contributed by atoms with Gasteiger partial charge in [-0.15, -0.1) is 0 Å². The van der Waals surface area contributed by atoms with E-state index in [9.17, 15) is 4.79 Å². The predicted molar refractivity (Wildman–Crippen MR) is 73.9 cm³/mol. The Bertz CT molecular complexity index is 306. The van der Waals surface area contributed by atoms with Gasteiger partial charge in [-0.1, -0.05) is 44.0 Å². The van der Waals surface area contributed by atoms with Gasteiger partial charge in [-0.2, -0.15) is 0 Å². The van der Waals surface area contributed by atoms with E-state index in [1.165, 1.54) is 0 Å². The summed E-state index contributed by atoms with van der Waals surface area (Å²) in [5.41, 5.74) is 10.8. The number of carbonyl (C=O) groups is 1. The summed E-state index contributed by atoms with van der Waals surface area (Å²) in [5.74, 6) is -0.0331. The molecule has 0 heterocycles. The van der Waals surface area contributed by atoms with Crippen LogP contribution in [0.15, 0.2) is 0 Å². The molecule has 0 spiro atoms. The van der Waals surface area contributed by atoms with Gasteiger partial charge in [0, 0.05) is 0 Å². The highest BCUT2D eigenvalue weighted by Gasteiger charge is 2.37. The third-order valence-electron chi connectivity index (χ3n) is 2.32. The highest BCUT2D eigenvalue weighted by molar-refractivity contribution is 8.11. The van der Waals surface area contributed by atoms with Gasteiger partial charge in [0.2, 0.25) is 0 Å². The van der Waals surface area contributed by atoms with Crippen LogP contribution in [0.3, 0.4) is 0 Å². The zero-order valence-electron chi connectivity index (χ0n) is 9.54. The standard InChI is InChI=1S/C8H18Cl2N3OPS/c1-5(2)6(3)4-8(9,10)7(14)13-15(11,12)16/h5-6H,4H2,1-3H3,(H5,11,12,13,14,16). The maximum Gasteiger partial charge on any atom is 0.261 e. The molecule has 96 valence electrons. The first kappa shape index (κ1) is 16.6. The van der Waals surface area contributed by atoms with E-state index in [0.29, 0.717) is 12.3 Å². The molecule has 0 aromatic heterocycles. The lowest BCUT2D eigenvalue weighted by atomic mass is 9.93. The number of hydrogen-bond acceptors (Lipinski definition) is 2. The molecule has 0 aliphatic heterocycles. The number of hydrogen-bond donors (Lipinski definition) is 3. The fourth-order valence-electron chi connectivity index (χ4n) is 0.973. The fourth-order valence-corrected chi connectivity index (χ4v) is 2.44. The first-order valence-corrected chi connectivity index (χ1v) is 8.53. The molecule has 0 aromatic rings. The number of rotatable bonds is 5. The van der Waals surface area contributed by atoms with Crippen LogP contribution >= 0.6 is 29.7 Å². The lowest BCUT2D eigenvalue weighted by Crippen LogP contribution is -2.41. The van der Waals surface area contributed by atoms with Crippen LogP contribution in [0, 0.1) is 11.8 Å². The average Bonchev–Trinajstić information content (AvgIpc) is 1.99. The van der Waals surface area contributed by atoms with Crippen LogP contribution in [-0.4, -0.2) is 10.2 Å². The molecular formula is C8H18Cl2N3OPS. The Balaban J connectivity index is 4.55. The molecule has 1 unspecified atom stereocenters. The van der Waals surface area contributed by atoms with Gasteiger partial charge >= 0.3 is 0 Å². The number of nitrogens with one attached hydrogen (secondary N) is 1. The van der Waals surface area contributed by atoms with Crippen molar-refractivity contribution >= 4 is 47.4 Å². The summed E-state index contributed by atoms with van der Waals surface area (Å²) in [4.78, 5) is 11.7. The van der Waals surface area contributed by atoms with Crippen molar-refractivity contribution in [2.24, 2.45) is 22.8 Å². The molecule has 8 heteroatoms. The van der Waals surface area contributed by atoms with Crippen molar-refractivity contribution in [2.75, 3.05) is 0 Å². The van der Waals surface area contributed by atoms with Crippen molar-refractivity contribution in [3.63, 3.8) is 0 Å². The molecule has 5 N–H and O–H groups in total. The first-order chi connectivity index (χ1) is 6.96. The summed E-state index contributed by atoms with van der Waals surface area (Å²) < 4.78 is -1.54. The van der Waals surface area contributed by atoms with E-state index in [0.717, 1.165) is 0 Å². The van der Waals surface area contributed by atoms with Crippen molar-refractivity contribution in [3.8, 4) is 0 Å². The largest absolute Gasteiger partial charge is 0.303 e. The second-order valence-electron chi connectivity index (χ2n) is 4.28. The summed E-state index contributed by atoms with van der Waals surface area (Å²) in [6.07, 6.45) is 0.328. The first-order valence-electron chi connectivity index (χ1n) is 4.83. The minimum absolute atomic E-state index is 0.203. The predicted octanol–water partition coefficient (Wildman–Crippen LogP) is 2.10. The summed E-state index contributed by atoms with van der Waals surface area (Å²) in [6.45, 7) is 3.21. The van der Waals surface area contributed by atoms with Gasteiger partial charge in [0.05, 0.1) is 0 Å². The average molecular weight is 306 g/mol. The molecule has 0 saturated heterocycles. The number of alkyl halides is 2. The van der Waals surface area contributed by atoms with Crippen LogP contribution in [0.25, 0.3) is 0 Å². The van der Waals surface area contributed by atoms with Crippen LogP contribution in [0.1, 0.15) is 27.2 Å². The van der Waals surface area contributed by atoms with Crippen LogP contribution < -0.4 is 16.1 Å². The van der Waals surface area contributed by atoms with E-state index in [4.69, 9.17) is 46.0 Å². The Morgan fingerprint density at radius 2 is 1.88 bits per heavy atom. The number of halogens is 2. The molecule has 0 fully saturated rings. The number of carbonyl (C=O) groups excluding carboxylic acids is 1. The monoisotopic (exact) mass is 305 g/mol. The highest BCUT2D eigenvalue weighted by Crippen LogP contribution is 2.34. The SMILES string of the molecule is CC(C)C(C)CC(Cl)(Cl)C(=O)NP(N)(N)=S. The molecule has 0 bridgehead atoms. The smallest absolute Gasteiger partial charge is 0.261 e. The van der Waals surface area contributed by atoms with Gasteiger partial charge in [0.25, 0.3) is 5.91 Å². The van der Waals surface area contributed by atoms with Gasteiger partial charge in [-0.3, -0.25) is 15.8 Å². The van der Waals surface area contributed by atoms with Crippen molar-refractivity contribution in [1.29, 1.82) is 0 Å². The molecule has 1 atom stereocenters. The Labute approximate surface area is 112 Å². The van der Waals surface area contributed by atoms with Crippen LogP contribution in [0.5, 0.6) is 0 Å². The third-order valence-corrected chi connectivity index (χ3v) is 3.80. The van der Waals surface area contributed by atoms with Crippen LogP contribution in [-0.2, 0) is 16.6 Å². The van der Waals surface area contributed by atoms with Crippen molar-refractivity contribution < 1.29 is 4.79 Å². The molecular weight excluding hydrogens is 288 g/mol.